The first kappa shape index (κ1) is 20.7. The first-order chi connectivity index (χ1) is 11.3. The molecule has 1 aliphatic heterocycles. The molecular weight excluding hydrogens is 340 g/mol. The fourth-order valence-corrected chi connectivity index (χ4v) is 2.21. The van der Waals surface area contributed by atoms with Gasteiger partial charge in [-0.25, -0.2) is 4.79 Å². The SMILES string of the molecule is O=C(O)CCC(=O)Nc1ccn([C@@H]2O[C@H](CO)[C@@H](O)[C@H]2O)c(=O)n1.[NH4+]. The van der Waals surface area contributed by atoms with Gasteiger partial charge in [0.1, 0.15) is 24.1 Å². The molecule has 0 unspecified atom stereocenters. The van der Waals surface area contributed by atoms with Crippen molar-refractivity contribution in [1.82, 2.24) is 15.7 Å². The van der Waals surface area contributed by atoms with E-state index in [-0.39, 0.29) is 24.8 Å². The van der Waals surface area contributed by atoms with Gasteiger partial charge in [0.2, 0.25) is 5.91 Å². The average molecular weight is 361 g/mol. The van der Waals surface area contributed by atoms with Gasteiger partial charge >= 0.3 is 11.7 Å². The van der Waals surface area contributed by atoms with Gasteiger partial charge in [0, 0.05) is 12.6 Å². The number of nitrogens with one attached hydrogen (secondary N) is 1. The van der Waals surface area contributed by atoms with E-state index in [4.69, 9.17) is 14.9 Å². The first-order valence-corrected chi connectivity index (χ1v) is 7.06. The highest BCUT2D eigenvalue weighted by Crippen LogP contribution is 2.28. The number of hydrogen-bond donors (Lipinski definition) is 6. The summed E-state index contributed by atoms with van der Waals surface area (Å²) in [5, 5.41) is 39.4. The number of aromatic nitrogens is 2. The predicted octanol–water partition coefficient (Wildman–Crippen LogP) is -1.97. The zero-order valence-electron chi connectivity index (χ0n) is 13.4. The highest BCUT2D eigenvalue weighted by atomic mass is 16.6. The Labute approximate surface area is 141 Å². The van der Waals surface area contributed by atoms with Gasteiger partial charge < -0.3 is 36.6 Å². The molecule has 1 saturated heterocycles. The van der Waals surface area contributed by atoms with Crippen molar-refractivity contribution in [3.63, 3.8) is 0 Å². The molecule has 0 bridgehead atoms. The summed E-state index contributed by atoms with van der Waals surface area (Å²) in [7, 11) is 0. The molecule has 2 heterocycles. The number of carbonyl (C=O) groups is 2. The lowest BCUT2D eigenvalue weighted by Crippen LogP contribution is -2.36. The van der Waals surface area contributed by atoms with Gasteiger partial charge in [0.25, 0.3) is 0 Å². The van der Waals surface area contributed by atoms with Gasteiger partial charge in [-0.1, -0.05) is 0 Å². The molecule has 1 amide bonds. The van der Waals surface area contributed by atoms with Gasteiger partial charge in [-0.05, 0) is 6.07 Å². The van der Waals surface area contributed by atoms with Crippen molar-refractivity contribution < 1.29 is 34.8 Å². The summed E-state index contributed by atoms with van der Waals surface area (Å²) in [5.74, 6) is -1.83. The molecular formula is C13H21N4O8+. The lowest BCUT2D eigenvalue weighted by molar-refractivity contribution is -0.138. The maximum absolute atomic E-state index is 12.0. The fourth-order valence-electron chi connectivity index (χ4n) is 2.21. The van der Waals surface area contributed by atoms with E-state index < -0.39 is 48.7 Å². The summed E-state index contributed by atoms with van der Waals surface area (Å²) in [6, 6.07) is 1.26. The Morgan fingerprint density at radius 3 is 2.48 bits per heavy atom. The normalized spacial score (nSPS) is 25.2. The summed E-state index contributed by atoms with van der Waals surface area (Å²) in [6.45, 7) is -0.533. The molecule has 140 valence electrons. The molecule has 0 radical (unpaired) electrons. The monoisotopic (exact) mass is 361 g/mol. The minimum Gasteiger partial charge on any atom is -0.481 e. The number of carbonyl (C=O) groups excluding carboxylic acids is 1. The van der Waals surface area contributed by atoms with E-state index >= 15 is 0 Å². The molecule has 0 saturated carbocycles. The van der Waals surface area contributed by atoms with Crippen LogP contribution in [0.5, 0.6) is 0 Å². The molecule has 2 rings (SSSR count). The van der Waals surface area contributed by atoms with E-state index in [1.165, 1.54) is 12.3 Å². The standard InChI is InChI=1S/C13H17N3O8.H3N/c17-5-6-10(21)11(22)12(24-6)16-4-3-7(15-13(16)23)14-8(18)1-2-9(19)20;/h3-4,6,10-12,17,21-22H,1-2,5H2,(H,19,20)(H,14,15,18,23);1H3/p+1/t6-,10-,11-,12-;/m1./s1. The van der Waals surface area contributed by atoms with Gasteiger partial charge in [-0.3, -0.25) is 14.2 Å². The van der Waals surface area contributed by atoms with E-state index in [9.17, 15) is 24.6 Å². The molecule has 12 nitrogen and oxygen atoms in total. The van der Waals surface area contributed by atoms with Crippen molar-refractivity contribution in [2.75, 3.05) is 11.9 Å². The first-order valence-electron chi connectivity index (χ1n) is 7.06. The number of amides is 1. The van der Waals surface area contributed by atoms with E-state index in [0.717, 1.165) is 4.57 Å². The van der Waals surface area contributed by atoms with Crippen LogP contribution in [0.25, 0.3) is 0 Å². The third kappa shape index (κ3) is 4.80. The zero-order valence-corrected chi connectivity index (χ0v) is 13.4. The largest absolute Gasteiger partial charge is 0.481 e. The Morgan fingerprint density at radius 1 is 1.28 bits per heavy atom. The predicted molar refractivity (Wildman–Crippen MR) is 83.0 cm³/mol. The number of aliphatic hydroxyl groups is 3. The number of aliphatic carboxylic acids is 1. The molecule has 25 heavy (non-hydrogen) atoms. The van der Waals surface area contributed by atoms with Crippen LogP contribution in [-0.4, -0.2) is 66.8 Å². The van der Waals surface area contributed by atoms with Crippen molar-refractivity contribution in [2.45, 2.75) is 37.4 Å². The van der Waals surface area contributed by atoms with Crippen LogP contribution in [-0.2, 0) is 14.3 Å². The molecule has 9 N–H and O–H groups in total. The van der Waals surface area contributed by atoms with Crippen molar-refractivity contribution in [3.8, 4) is 0 Å². The van der Waals surface area contributed by atoms with Crippen LogP contribution < -0.4 is 17.2 Å². The van der Waals surface area contributed by atoms with Crippen LogP contribution in [0.2, 0.25) is 0 Å². The number of carboxylic acids is 1. The van der Waals surface area contributed by atoms with E-state index in [2.05, 4.69) is 10.3 Å². The van der Waals surface area contributed by atoms with Gasteiger partial charge in [0.05, 0.1) is 13.0 Å². The molecule has 0 aliphatic carbocycles. The Bertz CT molecular complexity index is 678. The van der Waals surface area contributed by atoms with Crippen LogP contribution in [0.4, 0.5) is 5.82 Å². The third-order valence-electron chi connectivity index (χ3n) is 3.45. The second-order valence-electron chi connectivity index (χ2n) is 5.17. The summed E-state index contributed by atoms with van der Waals surface area (Å²) in [6.07, 6.45) is -4.48. The van der Waals surface area contributed by atoms with Crippen molar-refractivity contribution >= 4 is 17.7 Å². The van der Waals surface area contributed by atoms with Crippen LogP contribution >= 0.6 is 0 Å². The topological polar surface area (TPSA) is 208 Å². The second-order valence-corrected chi connectivity index (χ2v) is 5.17. The van der Waals surface area contributed by atoms with Gasteiger partial charge in [-0.2, -0.15) is 4.98 Å². The molecule has 1 fully saturated rings. The molecule has 1 aliphatic rings. The number of ether oxygens (including phenoxy) is 1. The summed E-state index contributed by atoms with van der Waals surface area (Å²) in [4.78, 5) is 37.5. The average Bonchev–Trinajstić information content (AvgIpc) is 2.81. The summed E-state index contributed by atoms with van der Waals surface area (Å²) in [5.41, 5.74) is -0.860. The highest BCUT2D eigenvalue weighted by molar-refractivity contribution is 5.91. The van der Waals surface area contributed by atoms with Crippen molar-refractivity contribution in [3.05, 3.63) is 22.7 Å². The van der Waals surface area contributed by atoms with Crippen LogP contribution in [0.3, 0.4) is 0 Å². The fraction of sp³-hybridized carbons (Fsp3) is 0.538. The lowest BCUT2D eigenvalue weighted by Gasteiger charge is -2.17. The minimum atomic E-state index is -1.43. The Kier molecular flexibility index (Phi) is 7.14. The molecule has 0 aromatic carbocycles. The molecule has 4 atom stereocenters. The number of rotatable bonds is 6. The summed E-state index contributed by atoms with van der Waals surface area (Å²) >= 11 is 0. The minimum absolute atomic E-state index is 0. The second kappa shape index (κ2) is 8.64. The maximum Gasteiger partial charge on any atom is 0.351 e. The third-order valence-corrected chi connectivity index (χ3v) is 3.45. The maximum atomic E-state index is 12.0. The van der Waals surface area contributed by atoms with Gasteiger partial charge in [0.15, 0.2) is 6.23 Å². The number of anilines is 1. The number of quaternary nitrogens is 1. The number of nitrogens with zero attached hydrogens (tertiary/aromatic N) is 2. The van der Waals surface area contributed by atoms with Gasteiger partial charge in [-0.15, -0.1) is 0 Å². The van der Waals surface area contributed by atoms with E-state index in [1.54, 1.807) is 0 Å². The van der Waals surface area contributed by atoms with Crippen molar-refractivity contribution in [1.29, 1.82) is 0 Å². The Balaban J connectivity index is 0.00000312. The van der Waals surface area contributed by atoms with E-state index in [0.29, 0.717) is 0 Å². The molecule has 1 aromatic heterocycles. The van der Waals surface area contributed by atoms with Crippen molar-refractivity contribution in [2.24, 2.45) is 0 Å². The zero-order chi connectivity index (χ0) is 17.9. The number of hydrogen-bond acceptors (Lipinski definition) is 8. The molecule has 1 aromatic rings. The summed E-state index contributed by atoms with van der Waals surface area (Å²) < 4.78 is 6.12. The van der Waals surface area contributed by atoms with Crippen LogP contribution in [0, 0.1) is 0 Å². The highest BCUT2D eigenvalue weighted by Gasteiger charge is 2.43. The lowest BCUT2D eigenvalue weighted by atomic mass is 10.1. The van der Waals surface area contributed by atoms with Crippen LogP contribution in [0.15, 0.2) is 17.1 Å². The molecule has 12 heteroatoms. The smallest absolute Gasteiger partial charge is 0.351 e. The van der Waals surface area contributed by atoms with E-state index in [1.807, 2.05) is 0 Å². The Morgan fingerprint density at radius 2 is 1.96 bits per heavy atom. The molecule has 0 spiro atoms. The van der Waals surface area contributed by atoms with Crippen LogP contribution in [0.1, 0.15) is 19.1 Å². The Hall–Kier alpha value is -2.38. The number of carboxylic acid groups (broad SMARTS) is 1. The number of aliphatic hydroxyl groups excluding tert-OH is 3. The quantitative estimate of drug-likeness (QED) is 0.331.